The summed E-state index contributed by atoms with van der Waals surface area (Å²) in [6, 6.07) is 11.0. The summed E-state index contributed by atoms with van der Waals surface area (Å²) >= 11 is 1.70. The number of anilines is 1. The lowest BCUT2D eigenvalue weighted by molar-refractivity contribution is 0.0526. The van der Waals surface area contributed by atoms with Gasteiger partial charge < -0.3 is 15.0 Å². The summed E-state index contributed by atoms with van der Waals surface area (Å²) in [7, 11) is 0. The average Bonchev–Trinajstić information content (AvgIpc) is 3.06. The highest BCUT2D eigenvalue weighted by Gasteiger charge is 2.27. The van der Waals surface area contributed by atoms with Gasteiger partial charge in [-0.1, -0.05) is 18.9 Å². The van der Waals surface area contributed by atoms with E-state index in [1.807, 2.05) is 11.0 Å². The molecule has 5 nitrogen and oxygen atoms in total. The van der Waals surface area contributed by atoms with E-state index in [4.69, 9.17) is 4.74 Å². The third kappa shape index (κ3) is 4.43. The van der Waals surface area contributed by atoms with Gasteiger partial charge in [-0.2, -0.15) is 0 Å². The second-order valence-corrected chi connectivity index (χ2v) is 7.28. The van der Waals surface area contributed by atoms with Gasteiger partial charge in [-0.05, 0) is 55.5 Å². The standard InChI is InChI=1S/C20H24N2O3S/c1-2-25-19(23)15-9-11-16(12-10-15)21-20(24)22-13-5-3-4-7-17(22)18-8-6-14-26-18/h6,8-12,14,17H,2-5,7,13H2,1H3,(H,21,24)/t17-/m0/s1. The van der Waals surface area contributed by atoms with Gasteiger partial charge in [0.25, 0.3) is 0 Å². The van der Waals surface area contributed by atoms with Gasteiger partial charge in [0.05, 0.1) is 18.2 Å². The number of ether oxygens (including phenoxy) is 1. The molecule has 0 bridgehead atoms. The summed E-state index contributed by atoms with van der Waals surface area (Å²) in [5.74, 6) is -0.351. The fraction of sp³-hybridized carbons (Fsp3) is 0.400. The fourth-order valence-electron chi connectivity index (χ4n) is 3.23. The molecule has 0 aliphatic carbocycles. The number of rotatable bonds is 4. The van der Waals surface area contributed by atoms with Crippen LogP contribution in [0.25, 0.3) is 0 Å². The molecule has 1 saturated heterocycles. The van der Waals surface area contributed by atoms with E-state index in [9.17, 15) is 9.59 Å². The van der Waals surface area contributed by atoms with Crippen LogP contribution in [0, 0.1) is 0 Å². The minimum atomic E-state index is -0.351. The summed E-state index contributed by atoms with van der Waals surface area (Å²) in [6.07, 6.45) is 4.31. The molecule has 0 radical (unpaired) electrons. The van der Waals surface area contributed by atoms with Crippen molar-refractivity contribution in [1.82, 2.24) is 4.90 Å². The predicted octanol–water partition coefficient (Wildman–Crippen LogP) is 5.07. The highest BCUT2D eigenvalue weighted by Crippen LogP contribution is 2.33. The van der Waals surface area contributed by atoms with Crippen molar-refractivity contribution in [2.45, 2.75) is 38.6 Å². The molecule has 1 aliphatic heterocycles. The molecule has 2 aromatic rings. The molecule has 1 aliphatic rings. The SMILES string of the molecule is CCOC(=O)c1ccc(NC(=O)N2CCCCC[C@H]2c2cccs2)cc1. The molecule has 0 spiro atoms. The van der Waals surface area contributed by atoms with Crippen molar-refractivity contribution in [2.75, 3.05) is 18.5 Å². The van der Waals surface area contributed by atoms with Gasteiger partial charge in [-0.3, -0.25) is 0 Å². The van der Waals surface area contributed by atoms with Gasteiger partial charge >= 0.3 is 12.0 Å². The van der Waals surface area contributed by atoms with Crippen LogP contribution in [0.15, 0.2) is 41.8 Å². The topological polar surface area (TPSA) is 58.6 Å². The van der Waals surface area contributed by atoms with Crippen LogP contribution in [-0.2, 0) is 4.74 Å². The monoisotopic (exact) mass is 372 g/mol. The Balaban J connectivity index is 1.70. The zero-order chi connectivity index (χ0) is 18.4. The molecule has 26 heavy (non-hydrogen) atoms. The Bertz CT molecular complexity index is 728. The van der Waals surface area contributed by atoms with E-state index >= 15 is 0 Å². The summed E-state index contributed by atoms with van der Waals surface area (Å²) in [6.45, 7) is 2.88. The number of nitrogens with one attached hydrogen (secondary N) is 1. The zero-order valence-corrected chi connectivity index (χ0v) is 15.8. The number of carbonyl (C=O) groups is 2. The first-order valence-electron chi connectivity index (χ1n) is 9.07. The van der Waals surface area contributed by atoms with E-state index in [1.165, 1.54) is 4.88 Å². The zero-order valence-electron chi connectivity index (χ0n) is 14.9. The van der Waals surface area contributed by atoms with Gasteiger partial charge in [0.2, 0.25) is 0 Å². The number of esters is 1. The lowest BCUT2D eigenvalue weighted by Crippen LogP contribution is -2.37. The lowest BCUT2D eigenvalue weighted by atomic mass is 10.1. The minimum Gasteiger partial charge on any atom is -0.462 e. The Labute approximate surface area is 158 Å². The van der Waals surface area contributed by atoms with Crippen LogP contribution in [-0.4, -0.2) is 30.1 Å². The van der Waals surface area contributed by atoms with Crippen molar-refractivity contribution in [3.05, 3.63) is 52.2 Å². The number of thiophene rings is 1. The number of hydrogen-bond acceptors (Lipinski definition) is 4. The summed E-state index contributed by atoms with van der Waals surface area (Å²) < 4.78 is 4.98. The summed E-state index contributed by atoms with van der Waals surface area (Å²) in [4.78, 5) is 27.8. The van der Waals surface area contributed by atoms with E-state index in [2.05, 4.69) is 16.8 Å². The van der Waals surface area contributed by atoms with Gasteiger partial charge in [-0.25, -0.2) is 9.59 Å². The van der Waals surface area contributed by atoms with Crippen molar-refractivity contribution in [3.8, 4) is 0 Å². The first kappa shape index (κ1) is 18.5. The number of amides is 2. The van der Waals surface area contributed by atoms with Crippen LogP contribution in [0.5, 0.6) is 0 Å². The molecule has 0 saturated carbocycles. The number of nitrogens with zero attached hydrogens (tertiary/aromatic N) is 1. The van der Waals surface area contributed by atoms with Crippen molar-refractivity contribution in [1.29, 1.82) is 0 Å². The molecule has 2 amide bonds. The number of urea groups is 1. The van der Waals surface area contributed by atoms with Crippen molar-refractivity contribution < 1.29 is 14.3 Å². The molecule has 2 heterocycles. The molecule has 1 aromatic heterocycles. The van der Waals surface area contributed by atoms with Gasteiger partial charge in [0.1, 0.15) is 0 Å². The Morgan fingerprint density at radius 2 is 2.00 bits per heavy atom. The molecule has 1 N–H and O–H groups in total. The minimum absolute atomic E-state index is 0.0887. The molecular formula is C20H24N2O3S. The second-order valence-electron chi connectivity index (χ2n) is 6.30. The van der Waals surface area contributed by atoms with Crippen LogP contribution in [0.3, 0.4) is 0 Å². The number of benzene rings is 1. The van der Waals surface area contributed by atoms with Crippen LogP contribution in [0.4, 0.5) is 10.5 Å². The quantitative estimate of drug-likeness (QED) is 0.762. The number of hydrogen-bond donors (Lipinski definition) is 1. The van der Waals surface area contributed by atoms with E-state index < -0.39 is 0 Å². The van der Waals surface area contributed by atoms with E-state index in [-0.39, 0.29) is 18.0 Å². The number of carbonyl (C=O) groups excluding carboxylic acids is 2. The Kier molecular flexibility index (Phi) is 6.28. The third-order valence-corrected chi connectivity index (χ3v) is 5.51. The molecule has 138 valence electrons. The van der Waals surface area contributed by atoms with Crippen molar-refractivity contribution in [2.24, 2.45) is 0 Å². The Hall–Kier alpha value is -2.34. The van der Waals surface area contributed by atoms with Crippen LogP contribution >= 0.6 is 11.3 Å². The first-order valence-corrected chi connectivity index (χ1v) is 9.95. The first-order chi connectivity index (χ1) is 12.7. The lowest BCUT2D eigenvalue weighted by Gasteiger charge is -2.29. The maximum atomic E-state index is 12.9. The molecule has 6 heteroatoms. The van der Waals surface area contributed by atoms with Gasteiger partial charge in [0.15, 0.2) is 0 Å². The molecule has 1 fully saturated rings. The summed E-state index contributed by atoms with van der Waals surface area (Å²) in [5.41, 5.74) is 1.16. The normalized spacial score (nSPS) is 17.4. The van der Waals surface area contributed by atoms with E-state index in [1.54, 1.807) is 42.5 Å². The van der Waals surface area contributed by atoms with Crippen LogP contribution < -0.4 is 5.32 Å². The predicted molar refractivity (Wildman–Crippen MR) is 104 cm³/mol. The Morgan fingerprint density at radius 1 is 1.19 bits per heavy atom. The fourth-order valence-corrected chi connectivity index (χ4v) is 4.10. The van der Waals surface area contributed by atoms with E-state index in [0.717, 1.165) is 32.2 Å². The average molecular weight is 372 g/mol. The molecule has 3 rings (SSSR count). The highest BCUT2D eigenvalue weighted by molar-refractivity contribution is 7.10. The van der Waals surface area contributed by atoms with E-state index in [0.29, 0.717) is 17.9 Å². The molecular weight excluding hydrogens is 348 g/mol. The Morgan fingerprint density at radius 3 is 2.69 bits per heavy atom. The van der Waals surface area contributed by atoms with Gasteiger partial charge in [-0.15, -0.1) is 11.3 Å². The van der Waals surface area contributed by atoms with Gasteiger partial charge in [0, 0.05) is 17.1 Å². The van der Waals surface area contributed by atoms with Crippen molar-refractivity contribution in [3.63, 3.8) is 0 Å². The maximum absolute atomic E-state index is 12.9. The smallest absolute Gasteiger partial charge is 0.338 e. The summed E-state index contributed by atoms with van der Waals surface area (Å²) in [5, 5.41) is 5.03. The highest BCUT2D eigenvalue weighted by atomic mass is 32.1. The van der Waals surface area contributed by atoms with Crippen LogP contribution in [0.1, 0.15) is 53.9 Å². The molecule has 1 aromatic carbocycles. The largest absolute Gasteiger partial charge is 0.462 e. The second kappa shape index (κ2) is 8.85. The third-order valence-electron chi connectivity index (χ3n) is 4.53. The van der Waals surface area contributed by atoms with Crippen molar-refractivity contribution >= 4 is 29.0 Å². The molecule has 1 atom stereocenters. The molecule has 0 unspecified atom stereocenters. The van der Waals surface area contributed by atoms with Crippen LogP contribution in [0.2, 0.25) is 0 Å². The number of likely N-dealkylation sites (tertiary alicyclic amines) is 1. The maximum Gasteiger partial charge on any atom is 0.338 e.